The standard InChI is InChI=1S/C15H28O6/c1-12(2)10-20-14(16)18-8-6-5-7-9-19-15(17)21-11-13(3)4/h12-13H,5-11H2,1-4H3. The highest BCUT2D eigenvalue weighted by Crippen LogP contribution is 2.01. The molecule has 0 heterocycles. The Morgan fingerprint density at radius 1 is 0.667 bits per heavy atom. The van der Waals surface area contributed by atoms with E-state index in [1.54, 1.807) is 0 Å². The van der Waals surface area contributed by atoms with Crippen molar-refractivity contribution in [3.8, 4) is 0 Å². The molecule has 0 atom stereocenters. The predicted molar refractivity (Wildman–Crippen MR) is 78.1 cm³/mol. The lowest BCUT2D eigenvalue weighted by Gasteiger charge is -2.08. The van der Waals surface area contributed by atoms with Gasteiger partial charge in [0.2, 0.25) is 0 Å². The predicted octanol–water partition coefficient (Wildman–Crippen LogP) is 3.78. The Morgan fingerprint density at radius 2 is 1.05 bits per heavy atom. The number of hydrogen-bond acceptors (Lipinski definition) is 6. The van der Waals surface area contributed by atoms with Crippen LogP contribution in [0.15, 0.2) is 0 Å². The number of ether oxygens (including phenoxy) is 4. The van der Waals surface area contributed by atoms with Crippen molar-refractivity contribution in [2.24, 2.45) is 11.8 Å². The SMILES string of the molecule is CC(C)COC(=O)OCCCCCOC(=O)OCC(C)C. The molecule has 0 aromatic carbocycles. The molecule has 0 bridgehead atoms. The van der Waals surface area contributed by atoms with Crippen molar-refractivity contribution in [3.05, 3.63) is 0 Å². The fraction of sp³-hybridized carbons (Fsp3) is 0.867. The van der Waals surface area contributed by atoms with Gasteiger partial charge in [-0.05, 0) is 31.1 Å². The summed E-state index contributed by atoms with van der Waals surface area (Å²) in [6.45, 7) is 9.19. The number of unbranched alkanes of at least 4 members (excludes halogenated alkanes) is 2. The van der Waals surface area contributed by atoms with E-state index in [0.29, 0.717) is 51.1 Å². The molecule has 0 aliphatic carbocycles. The first-order chi connectivity index (χ1) is 9.91. The summed E-state index contributed by atoms with van der Waals surface area (Å²) < 4.78 is 19.5. The first kappa shape index (κ1) is 19.5. The van der Waals surface area contributed by atoms with Crippen LogP contribution in [0.3, 0.4) is 0 Å². The molecule has 6 nitrogen and oxygen atoms in total. The van der Waals surface area contributed by atoms with E-state index in [1.165, 1.54) is 0 Å². The van der Waals surface area contributed by atoms with Crippen LogP contribution in [-0.2, 0) is 18.9 Å². The Morgan fingerprint density at radius 3 is 1.38 bits per heavy atom. The van der Waals surface area contributed by atoms with Crippen molar-refractivity contribution < 1.29 is 28.5 Å². The van der Waals surface area contributed by atoms with Gasteiger partial charge in [-0.3, -0.25) is 0 Å². The van der Waals surface area contributed by atoms with Crippen molar-refractivity contribution in [3.63, 3.8) is 0 Å². The normalized spacial score (nSPS) is 10.6. The third-order valence-electron chi connectivity index (χ3n) is 2.30. The van der Waals surface area contributed by atoms with Crippen molar-refractivity contribution >= 4 is 12.3 Å². The molecule has 0 unspecified atom stereocenters. The van der Waals surface area contributed by atoms with Crippen molar-refractivity contribution in [1.82, 2.24) is 0 Å². The smallest absolute Gasteiger partial charge is 0.434 e. The molecule has 0 saturated carbocycles. The Balaban J connectivity index is 3.32. The highest BCUT2D eigenvalue weighted by Gasteiger charge is 2.06. The number of carbonyl (C=O) groups excluding carboxylic acids is 2. The summed E-state index contributed by atoms with van der Waals surface area (Å²) in [5.41, 5.74) is 0. The lowest BCUT2D eigenvalue weighted by Crippen LogP contribution is -2.13. The van der Waals surface area contributed by atoms with Crippen LogP contribution in [0.5, 0.6) is 0 Å². The van der Waals surface area contributed by atoms with Gasteiger partial charge in [0.15, 0.2) is 0 Å². The first-order valence-electron chi connectivity index (χ1n) is 7.51. The average Bonchev–Trinajstić information content (AvgIpc) is 2.41. The summed E-state index contributed by atoms with van der Waals surface area (Å²) >= 11 is 0. The fourth-order valence-electron chi connectivity index (χ4n) is 1.24. The van der Waals surface area contributed by atoms with E-state index >= 15 is 0 Å². The molecule has 0 spiro atoms. The van der Waals surface area contributed by atoms with Crippen LogP contribution < -0.4 is 0 Å². The van der Waals surface area contributed by atoms with E-state index < -0.39 is 12.3 Å². The quantitative estimate of drug-likeness (QED) is 0.452. The van der Waals surface area contributed by atoms with Gasteiger partial charge >= 0.3 is 12.3 Å². The van der Waals surface area contributed by atoms with Crippen molar-refractivity contribution in [2.75, 3.05) is 26.4 Å². The first-order valence-corrected chi connectivity index (χ1v) is 7.51. The Hall–Kier alpha value is -1.46. The van der Waals surface area contributed by atoms with Crippen LogP contribution in [0.2, 0.25) is 0 Å². The van der Waals surface area contributed by atoms with Gasteiger partial charge in [-0.25, -0.2) is 9.59 Å². The zero-order chi connectivity index (χ0) is 16.1. The summed E-state index contributed by atoms with van der Waals surface area (Å²) in [6.07, 6.45) is 0.964. The lowest BCUT2D eigenvalue weighted by atomic mass is 10.2. The minimum Gasteiger partial charge on any atom is -0.434 e. The molecule has 0 rings (SSSR count). The Bertz CT molecular complexity index is 260. The maximum Gasteiger partial charge on any atom is 0.508 e. The number of rotatable bonds is 10. The summed E-state index contributed by atoms with van der Waals surface area (Å²) in [4.78, 5) is 22.2. The Labute approximate surface area is 127 Å². The molecule has 0 amide bonds. The maximum atomic E-state index is 11.1. The van der Waals surface area contributed by atoms with E-state index in [0.717, 1.165) is 6.42 Å². The van der Waals surface area contributed by atoms with E-state index in [9.17, 15) is 9.59 Å². The minimum absolute atomic E-state index is 0.296. The average molecular weight is 304 g/mol. The number of carbonyl (C=O) groups is 2. The second-order valence-electron chi connectivity index (χ2n) is 5.67. The van der Waals surface area contributed by atoms with Gasteiger partial charge in [-0.1, -0.05) is 27.7 Å². The van der Waals surface area contributed by atoms with Crippen LogP contribution in [-0.4, -0.2) is 38.7 Å². The van der Waals surface area contributed by atoms with Gasteiger partial charge in [-0.2, -0.15) is 0 Å². The topological polar surface area (TPSA) is 71.1 Å². The van der Waals surface area contributed by atoms with Gasteiger partial charge in [-0.15, -0.1) is 0 Å². The molecule has 6 heteroatoms. The van der Waals surface area contributed by atoms with Crippen molar-refractivity contribution in [2.45, 2.75) is 47.0 Å². The molecule has 0 aliphatic heterocycles. The van der Waals surface area contributed by atoms with E-state index in [1.807, 2.05) is 27.7 Å². The second kappa shape index (κ2) is 12.3. The molecule has 0 aromatic rings. The zero-order valence-corrected chi connectivity index (χ0v) is 13.6. The van der Waals surface area contributed by atoms with Crippen LogP contribution >= 0.6 is 0 Å². The highest BCUT2D eigenvalue weighted by molar-refractivity contribution is 5.60. The fourth-order valence-corrected chi connectivity index (χ4v) is 1.24. The van der Waals surface area contributed by atoms with Crippen molar-refractivity contribution in [1.29, 1.82) is 0 Å². The molecule has 124 valence electrons. The summed E-state index contributed by atoms with van der Waals surface area (Å²) in [5.74, 6) is 0.593. The van der Waals surface area contributed by atoms with Crippen LogP contribution in [0.1, 0.15) is 47.0 Å². The zero-order valence-electron chi connectivity index (χ0n) is 13.6. The summed E-state index contributed by atoms with van der Waals surface area (Å²) in [5, 5.41) is 0. The Kier molecular flexibility index (Phi) is 11.4. The summed E-state index contributed by atoms with van der Waals surface area (Å²) in [6, 6.07) is 0. The molecule has 0 saturated heterocycles. The van der Waals surface area contributed by atoms with Crippen LogP contribution in [0.25, 0.3) is 0 Å². The molecule has 0 aromatic heterocycles. The van der Waals surface area contributed by atoms with Gasteiger partial charge < -0.3 is 18.9 Å². The van der Waals surface area contributed by atoms with Gasteiger partial charge in [0.1, 0.15) is 0 Å². The molecule has 0 N–H and O–H groups in total. The van der Waals surface area contributed by atoms with E-state index in [2.05, 4.69) is 0 Å². The molecule has 21 heavy (non-hydrogen) atoms. The molecular weight excluding hydrogens is 276 g/mol. The number of hydrogen-bond donors (Lipinski definition) is 0. The molecule has 0 aliphatic rings. The van der Waals surface area contributed by atoms with Gasteiger partial charge in [0, 0.05) is 0 Å². The highest BCUT2D eigenvalue weighted by atomic mass is 16.7. The monoisotopic (exact) mass is 304 g/mol. The van der Waals surface area contributed by atoms with E-state index in [-0.39, 0.29) is 0 Å². The van der Waals surface area contributed by atoms with E-state index in [4.69, 9.17) is 18.9 Å². The lowest BCUT2D eigenvalue weighted by molar-refractivity contribution is 0.0427. The van der Waals surface area contributed by atoms with Crippen LogP contribution in [0, 0.1) is 11.8 Å². The third kappa shape index (κ3) is 14.8. The molecular formula is C15H28O6. The van der Waals surface area contributed by atoms with Gasteiger partial charge in [0.25, 0.3) is 0 Å². The largest absolute Gasteiger partial charge is 0.508 e. The maximum absolute atomic E-state index is 11.1. The van der Waals surface area contributed by atoms with Crippen LogP contribution in [0.4, 0.5) is 9.59 Å². The minimum atomic E-state index is -0.628. The van der Waals surface area contributed by atoms with Gasteiger partial charge in [0.05, 0.1) is 26.4 Å². The second-order valence-corrected chi connectivity index (χ2v) is 5.67. The third-order valence-corrected chi connectivity index (χ3v) is 2.30. The summed E-state index contributed by atoms with van der Waals surface area (Å²) in [7, 11) is 0. The molecule has 0 fully saturated rings. The molecule has 0 radical (unpaired) electrons.